The van der Waals surface area contributed by atoms with E-state index in [0.717, 1.165) is 26.4 Å². The highest BCUT2D eigenvalue weighted by Gasteiger charge is 2.16. The van der Waals surface area contributed by atoms with Gasteiger partial charge in [-0.3, -0.25) is 4.79 Å². The third kappa shape index (κ3) is 2.15. The molecule has 0 radical (unpaired) electrons. The van der Waals surface area contributed by atoms with Crippen molar-refractivity contribution in [1.82, 2.24) is 0 Å². The number of halogens is 1. The monoisotopic (exact) mass is 248 g/mol. The van der Waals surface area contributed by atoms with Crippen LogP contribution in [0, 0.1) is 19.7 Å². The highest BCUT2D eigenvalue weighted by molar-refractivity contribution is 7.16. The van der Waals surface area contributed by atoms with Gasteiger partial charge in [-0.05, 0) is 44.0 Å². The molecule has 0 bridgehead atoms. The van der Waals surface area contributed by atoms with E-state index in [1.165, 1.54) is 12.1 Å². The Morgan fingerprint density at radius 2 is 1.76 bits per heavy atom. The zero-order chi connectivity index (χ0) is 12.6. The first-order chi connectivity index (χ1) is 8.00. The minimum Gasteiger partial charge on any atom is -0.294 e. The molecule has 0 aliphatic heterocycles. The lowest BCUT2D eigenvalue weighted by atomic mass is 10.0. The van der Waals surface area contributed by atoms with E-state index in [2.05, 4.69) is 0 Å². The van der Waals surface area contributed by atoms with E-state index in [-0.39, 0.29) is 11.6 Å². The Morgan fingerprint density at radius 1 is 1.18 bits per heavy atom. The normalized spacial score (nSPS) is 10.6. The summed E-state index contributed by atoms with van der Waals surface area (Å²) in [5, 5.41) is 0. The number of ketones is 1. The van der Waals surface area contributed by atoms with E-state index in [1.54, 1.807) is 30.4 Å². The fraction of sp³-hybridized carbons (Fsp3) is 0.214. The van der Waals surface area contributed by atoms with E-state index in [0.29, 0.717) is 0 Å². The molecule has 1 aromatic carbocycles. The van der Waals surface area contributed by atoms with Gasteiger partial charge in [0.2, 0.25) is 0 Å². The Balaban J connectivity index is 2.57. The molecule has 0 fully saturated rings. The SMILES string of the molecule is CC(=O)c1c(C)sc(-c2ccc(F)cc2)c1C. The molecule has 1 nitrogen and oxygen atoms in total. The van der Waals surface area contributed by atoms with E-state index in [1.807, 2.05) is 13.8 Å². The van der Waals surface area contributed by atoms with Gasteiger partial charge in [-0.2, -0.15) is 0 Å². The molecule has 2 aromatic rings. The van der Waals surface area contributed by atoms with Crippen LogP contribution in [0.2, 0.25) is 0 Å². The fourth-order valence-electron chi connectivity index (χ4n) is 2.05. The number of thiophene rings is 1. The maximum absolute atomic E-state index is 12.9. The average Bonchev–Trinajstić information content (AvgIpc) is 2.55. The molecule has 0 unspecified atom stereocenters. The number of hydrogen-bond donors (Lipinski definition) is 0. The molecule has 0 N–H and O–H groups in total. The van der Waals surface area contributed by atoms with Crippen LogP contribution in [0.3, 0.4) is 0 Å². The Bertz CT molecular complexity index is 567. The Morgan fingerprint density at radius 3 is 2.24 bits per heavy atom. The molecule has 0 aliphatic carbocycles. The van der Waals surface area contributed by atoms with Crippen molar-refractivity contribution in [3.8, 4) is 10.4 Å². The van der Waals surface area contributed by atoms with Crippen molar-refractivity contribution in [3.63, 3.8) is 0 Å². The maximum atomic E-state index is 12.9. The molecule has 0 saturated heterocycles. The largest absolute Gasteiger partial charge is 0.294 e. The van der Waals surface area contributed by atoms with Gasteiger partial charge >= 0.3 is 0 Å². The zero-order valence-corrected chi connectivity index (χ0v) is 10.8. The third-order valence-corrected chi connectivity index (χ3v) is 4.04. The molecule has 0 aliphatic rings. The molecule has 3 heteroatoms. The van der Waals surface area contributed by atoms with Gasteiger partial charge in [0.15, 0.2) is 5.78 Å². The summed E-state index contributed by atoms with van der Waals surface area (Å²) < 4.78 is 12.9. The first-order valence-electron chi connectivity index (χ1n) is 5.37. The Hall–Kier alpha value is -1.48. The van der Waals surface area contributed by atoms with E-state index < -0.39 is 0 Å². The van der Waals surface area contributed by atoms with Gasteiger partial charge in [0.1, 0.15) is 5.82 Å². The first-order valence-corrected chi connectivity index (χ1v) is 6.19. The lowest BCUT2D eigenvalue weighted by Gasteiger charge is -2.00. The van der Waals surface area contributed by atoms with Crippen LogP contribution in [-0.2, 0) is 0 Å². The summed E-state index contributed by atoms with van der Waals surface area (Å²) >= 11 is 1.58. The van der Waals surface area contributed by atoms with Gasteiger partial charge in [0, 0.05) is 15.3 Å². The quantitative estimate of drug-likeness (QED) is 0.721. The summed E-state index contributed by atoms with van der Waals surface area (Å²) in [5.41, 5.74) is 2.76. The van der Waals surface area contributed by atoms with Gasteiger partial charge in [0.05, 0.1) is 0 Å². The second kappa shape index (κ2) is 4.41. The van der Waals surface area contributed by atoms with E-state index >= 15 is 0 Å². The molecule has 0 spiro atoms. The molecule has 0 atom stereocenters. The predicted molar refractivity (Wildman–Crippen MR) is 69.2 cm³/mol. The van der Waals surface area contributed by atoms with Gasteiger partial charge < -0.3 is 0 Å². The predicted octanol–water partition coefficient (Wildman–Crippen LogP) is 4.37. The van der Waals surface area contributed by atoms with Crippen LogP contribution in [0.15, 0.2) is 24.3 Å². The molecule has 1 heterocycles. The van der Waals surface area contributed by atoms with Crippen molar-refractivity contribution in [2.75, 3.05) is 0 Å². The fourth-order valence-corrected chi connectivity index (χ4v) is 3.26. The summed E-state index contributed by atoms with van der Waals surface area (Å²) in [4.78, 5) is 13.6. The summed E-state index contributed by atoms with van der Waals surface area (Å²) in [6.07, 6.45) is 0. The molecule has 0 amide bonds. The standard InChI is InChI=1S/C14H13FOS/c1-8-13(9(2)16)10(3)17-14(8)11-4-6-12(15)7-5-11/h4-7H,1-3H3. The number of hydrogen-bond acceptors (Lipinski definition) is 2. The van der Waals surface area contributed by atoms with Crippen molar-refractivity contribution >= 4 is 17.1 Å². The van der Waals surface area contributed by atoms with Crippen molar-refractivity contribution < 1.29 is 9.18 Å². The summed E-state index contributed by atoms with van der Waals surface area (Å²) in [5.74, 6) is -0.156. The number of carbonyl (C=O) groups excluding carboxylic acids is 1. The van der Waals surface area contributed by atoms with Crippen LogP contribution in [-0.4, -0.2) is 5.78 Å². The van der Waals surface area contributed by atoms with Crippen molar-refractivity contribution in [2.45, 2.75) is 20.8 Å². The number of rotatable bonds is 2. The van der Waals surface area contributed by atoms with E-state index in [4.69, 9.17) is 0 Å². The smallest absolute Gasteiger partial charge is 0.161 e. The van der Waals surface area contributed by atoms with Crippen molar-refractivity contribution in [1.29, 1.82) is 0 Å². The number of aryl methyl sites for hydroxylation is 1. The van der Waals surface area contributed by atoms with Crippen LogP contribution in [0.5, 0.6) is 0 Å². The van der Waals surface area contributed by atoms with Gasteiger partial charge in [-0.15, -0.1) is 11.3 Å². The number of carbonyl (C=O) groups is 1. The number of Topliss-reactive ketones (excluding diaryl/α,β-unsaturated/α-hetero) is 1. The number of benzene rings is 1. The molecule has 2 rings (SSSR count). The molecule has 1 aromatic heterocycles. The first kappa shape index (κ1) is 12.0. The summed E-state index contributed by atoms with van der Waals surface area (Å²) in [7, 11) is 0. The van der Waals surface area contributed by atoms with E-state index in [9.17, 15) is 9.18 Å². The minimum atomic E-state index is -0.244. The molecular weight excluding hydrogens is 235 g/mol. The van der Waals surface area contributed by atoms with Crippen molar-refractivity contribution in [2.24, 2.45) is 0 Å². The second-order valence-electron chi connectivity index (χ2n) is 4.05. The molecule has 0 saturated carbocycles. The third-order valence-electron chi connectivity index (χ3n) is 2.78. The van der Waals surface area contributed by atoms with Crippen LogP contribution in [0.4, 0.5) is 4.39 Å². The van der Waals surface area contributed by atoms with Crippen molar-refractivity contribution in [3.05, 3.63) is 46.1 Å². The summed E-state index contributed by atoms with van der Waals surface area (Å²) in [6, 6.07) is 6.38. The minimum absolute atomic E-state index is 0.0876. The molecule has 88 valence electrons. The van der Waals surface area contributed by atoms with Gasteiger partial charge in [-0.25, -0.2) is 4.39 Å². The van der Waals surface area contributed by atoms with Crippen LogP contribution < -0.4 is 0 Å². The molecular formula is C14H13FOS. The molecule has 17 heavy (non-hydrogen) atoms. The van der Waals surface area contributed by atoms with Crippen LogP contribution in [0.25, 0.3) is 10.4 Å². The maximum Gasteiger partial charge on any atom is 0.161 e. The average molecular weight is 248 g/mol. The highest BCUT2D eigenvalue weighted by Crippen LogP contribution is 2.36. The van der Waals surface area contributed by atoms with Crippen LogP contribution in [0.1, 0.15) is 27.7 Å². The zero-order valence-electron chi connectivity index (χ0n) is 10.0. The Labute approximate surface area is 104 Å². The summed E-state index contributed by atoms with van der Waals surface area (Å²) in [6.45, 7) is 5.47. The lowest BCUT2D eigenvalue weighted by Crippen LogP contribution is -1.94. The van der Waals surface area contributed by atoms with Gasteiger partial charge in [0.25, 0.3) is 0 Å². The second-order valence-corrected chi connectivity index (χ2v) is 5.28. The lowest BCUT2D eigenvalue weighted by molar-refractivity contribution is 0.101. The van der Waals surface area contributed by atoms with Crippen LogP contribution >= 0.6 is 11.3 Å². The Kier molecular flexibility index (Phi) is 3.11. The highest BCUT2D eigenvalue weighted by atomic mass is 32.1. The topological polar surface area (TPSA) is 17.1 Å². The van der Waals surface area contributed by atoms with Gasteiger partial charge in [-0.1, -0.05) is 12.1 Å².